The van der Waals surface area contributed by atoms with Crippen LogP contribution in [0.4, 0.5) is 4.39 Å². The third kappa shape index (κ3) is 1.77. The molecule has 2 rings (SSSR count). The molecule has 0 aromatic heterocycles. The van der Waals surface area contributed by atoms with Crippen LogP contribution in [0.5, 0.6) is 11.5 Å². The number of carbonyl (C=O) groups excluding carboxylic acids is 1. The van der Waals surface area contributed by atoms with E-state index in [2.05, 4.69) is 4.99 Å². The first-order chi connectivity index (χ1) is 8.68. The summed E-state index contributed by atoms with van der Waals surface area (Å²) in [7, 11) is 2.82. The van der Waals surface area contributed by atoms with E-state index in [9.17, 15) is 9.18 Å². The van der Waals surface area contributed by atoms with Gasteiger partial charge in [0.05, 0.1) is 14.2 Å². The van der Waals surface area contributed by atoms with Crippen LogP contribution in [0.25, 0.3) is 0 Å². The van der Waals surface area contributed by atoms with Gasteiger partial charge in [0.25, 0.3) is 0 Å². The Hall–Kier alpha value is -1.87. The van der Waals surface area contributed by atoms with Crippen molar-refractivity contribution in [3.05, 3.63) is 23.5 Å². The van der Waals surface area contributed by atoms with Crippen molar-refractivity contribution < 1.29 is 18.7 Å². The number of ether oxygens (including phenoxy) is 2. The molecule has 1 aliphatic rings. The van der Waals surface area contributed by atoms with Gasteiger partial charge in [-0.15, -0.1) is 0 Å². The molecule has 0 radical (unpaired) electrons. The topological polar surface area (TPSA) is 47.9 Å². The van der Waals surface area contributed by atoms with Crippen molar-refractivity contribution in [1.82, 2.24) is 0 Å². The molecule has 1 aliphatic carbocycles. The number of aliphatic imine (C=N–C) groups is 1. The molecule has 96 valence electrons. The zero-order valence-corrected chi connectivity index (χ0v) is 10.3. The van der Waals surface area contributed by atoms with Crippen molar-refractivity contribution in [1.29, 1.82) is 0 Å². The van der Waals surface area contributed by atoms with Crippen LogP contribution in [0.3, 0.4) is 0 Å². The third-order valence-corrected chi connectivity index (χ3v) is 3.43. The summed E-state index contributed by atoms with van der Waals surface area (Å²) in [5.41, 5.74) is -0.402. The van der Waals surface area contributed by atoms with E-state index in [1.807, 2.05) is 0 Å². The Kier molecular flexibility index (Phi) is 3.34. The number of rotatable bonds is 4. The molecule has 0 bridgehead atoms. The zero-order valence-electron chi connectivity index (χ0n) is 10.3. The van der Waals surface area contributed by atoms with Gasteiger partial charge in [-0.1, -0.05) is 0 Å². The summed E-state index contributed by atoms with van der Waals surface area (Å²) in [6.07, 6.45) is 3.75. The van der Waals surface area contributed by atoms with Gasteiger partial charge in [-0.25, -0.2) is 9.18 Å². The van der Waals surface area contributed by atoms with Gasteiger partial charge in [0.15, 0.2) is 17.3 Å². The molecule has 1 fully saturated rings. The number of hydrogen-bond acceptors (Lipinski definition) is 4. The number of benzene rings is 1. The Morgan fingerprint density at radius 1 is 1.33 bits per heavy atom. The molecule has 0 saturated heterocycles. The Labute approximate surface area is 104 Å². The van der Waals surface area contributed by atoms with Crippen LogP contribution in [0, 0.1) is 5.82 Å². The highest BCUT2D eigenvalue weighted by atomic mass is 19.1. The van der Waals surface area contributed by atoms with Crippen LogP contribution in [0.2, 0.25) is 0 Å². The van der Waals surface area contributed by atoms with E-state index in [0.717, 1.165) is 6.42 Å². The van der Waals surface area contributed by atoms with Gasteiger partial charge in [0, 0.05) is 5.56 Å². The standard InChI is InChI=1S/C13H14FNO3/c1-17-10-5-4-9(11(14)12(10)18-2)13(15-8-16)6-3-7-13/h4-5H,3,6-7H2,1-2H3. The summed E-state index contributed by atoms with van der Waals surface area (Å²) in [5, 5.41) is 0. The second kappa shape index (κ2) is 4.78. The van der Waals surface area contributed by atoms with Crippen LogP contribution >= 0.6 is 0 Å². The van der Waals surface area contributed by atoms with Crippen molar-refractivity contribution >= 4 is 6.08 Å². The average Bonchev–Trinajstić information content (AvgIpc) is 2.34. The van der Waals surface area contributed by atoms with Crippen molar-refractivity contribution in [2.24, 2.45) is 4.99 Å². The van der Waals surface area contributed by atoms with E-state index in [4.69, 9.17) is 9.47 Å². The summed E-state index contributed by atoms with van der Waals surface area (Å²) < 4.78 is 24.4. The van der Waals surface area contributed by atoms with Gasteiger partial charge in [-0.3, -0.25) is 0 Å². The summed E-state index contributed by atoms with van der Waals surface area (Å²) in [5.74, 6) is -0.152. The van der Waals surface area contributed by atoms with E-state index >= 15 is 0 Å². The third-order valence-electron chi connectivity index (χ3n) is 3.43. The summed E-state index contributed by atoms with van der Waals surface area (Å²) in [6.45, 7) is 0. The molecule has 0 spiro atoms. The predicted octanol–water partition coefficient (Wildman–Crippen LogP) is 2.56. The van der Waals surface area contributed by atoms with Crippen LogP contribution < -0.4 is 9.47 Å². The fraction of sp³-hybridized carbons (Fsp3) is 0.462. The number of halogens is 1. The number of isocyanates is 1. The highest BCUT2D eigenvalue weighted by Crippen LogP contribution is 2.48. The SMILES string of the molecule is COc1ccc(C2(N=C=O)CCC2)c(F)c1OC. The molecule has 0 aliphatic heterocycles. The van der Waals surface area contributed by atoms with E-state index in [-0.39, 0.29) is 5.75 Å². The molecular weight excluding hydrogens is 237 g/mol. The van der Waals surface area contributed by atoms with Crippen molar-refractivity contribution in [3.8, 4) is 11.5 Å². The van der Waals surface area contributed by atoms with Gasteiger partial charge in [-0.05, 0) is 31.4 Å². The second-order valence-corrected chi connectivity index (χ2v) is 4.25. The number of hydrogen-bond donors (Lipinski definition) is 0. The molecule has 4 nitrogen and oxygen atoms in total. The fourth-order valence-electron chi connectivity index (χ4n) is 2.29. The molecule has 1 saturated carbocycles. The minimum atomic E-state index is -0.772. The first kappa shape index (κ1) is 12.6. The van der Waals surface area contributed by atoms with Crippen LogP contribution in [0.1, 0.15) is 24.8 Å². The van der Waals surface area contributed by atoms with Gasteiger partial charge in [0.1, 0.15) is 5.54 Å². The normalized spacial score (nSPS) is 16.4. The Balaban J connectivity index is 2.55. The summed E-state index contributed by atoms with van der Waals surface area (Å²) in [6, 6.07) is 3.22. The highest BCUT2D eigenvalue weighted by molar-refractivity contribution is 5.49. The Bertz CT molecular complexity index is 505. The van der Waals surface area contributed by atoms with E-state index < -0.39 is 11.4 Å². The lowest BCUT2D eigenvalue weighted by Crippen LogP contribution is -2.33. The minimum absolute atomic E-state index is 0.0439. The van der Waals surface area contributed by atoms with Gasteiger partial charge < -0.3 is 9.47 Å². The number of methoxy groups -OCH3 is 2. The van der Waals surface area contributed by atoms with Crippen molar-refractivity contribution in [2.45, 2.75) is 24.8 Å². The second-order valence-electron chi connectivity index (χ2n) is 4.25. The van der Waals surface area contributed by atoms with Crippen LogP contribution in [-0.2, 0) is 10.3 Å². The van der Waals surface area contributed by atoms with Crippen LogP contribution in [0.15, 0.2) is 17.1 Å². The minimum Gasteiger partial charge on any atom is -0.493 e. The lowest BCUT2D eigenvalue weighted by atomic mass is 9.72. The average molecular weight is 251 g/mol. The van der Waals surface area contributed by atoms with E-state index in [1.54, 1.807) is 12.1 Å². The van der Waals surface area contributed by atoms with E-state index in [0.29, 0.717) is 24.2 Å². The lowest BCUT2D eigenvalue weighted by Gasteiger charge is -2.37. The molecule has 18 heavy (non-hydrogen) atoms. The summed E-state index contributed by atoms with van der Waals surface area (Å²) >= 11 is 0. The zero-order chi connectivity index (χ0) is 13.2. The van der Waals surface area contributed by atoms with Crippen molar-refractivity contribution in [2.75, 3.05) is 14.2 Å². The maximum atomic E-state index is 14.4. The highest BCUT2D eigenvalue weighted by Gasteiger charge is 2.42. The maximum absolute atomic E-state index is 14.4. The van der Waals surface area contributed by atoms with Gasteiger partial charge in [0.2, 0.25) is 6.08 Å². The first-order valence-electron chi connectivity index (χ1n) is 5.68. The predicted molar refractivity (Wildman–Crippen MR) is 63.2 cm³/mol. The van der Waals surface area contributed by atoms with E-state index in [1.165, 1.54) is 20.3 Å². The molecule has 0 atom stereocenters. The van der Waals surface area contributed by atoms with Gasteiger partial charge in [-0.2, -0.15) is 4.99 Å². The number of nitrogens with zero attached hydrogens (tertiary/aromatic N) is 1. The monoisotopic (exact) mass is 251 g/mol. The molecule has 0 amide bonds. The summed E-state index contributed by atoms with van der Waals surface area (Å²) in [4.78, 5) is 14.3. The lowest BCUT2D eigenvalue weighted by molar-refractivity contribution is 0.242. The Morgan fingerprint density at radius 3 is 2.50 bits per heavy atom. The molecule has 5 heteroatoms. The molecule has 0 heterocycles. The maximum Gasteiger partial charge on any atom is 0.235 e. The van der Waals surface area contributed by atoms with Gasteiger partial charge >= 0.3 is 0 Å². The Morgan fingerprint density at radius 2 is 2.06 bits per heavy atom. The quantitative estimate of drug-likeness (QED) is 0.610. The first-order valence-corrected chi connectivity index (χ1v) is 5.68. The molecular formula is C13H14FNO3. The molecule has 1 aromatic rings. The smallest absolute Gasteiger partial charge is 0.235 e. The fourth-order valence-corrected chi connectivity index (χ4v) is 2.29. The largest absolute Gasteiger partial charge is 0.493 e. The molecule has 1 aromatic carbocycles. The van der Waals surface area contributed by atoms with Crippen LogP contribution in [-0.4, -0.2) is 20.3 Å². The van der Waals surface area contributed by atoms with Crippen molar-refractivity contribution in [3.63, 3.8) is 0 Å². The molecule has 0 N–H and O–H groups in total. The molecule has 0 unspecified atom stereocenters.